The first-order valence-corrected chi connectivity index (χ1v) is 5.88. The molecule has 2 unspecified atom stereocenters. The second-order valence-corrected chi connectivity index (χ2v) is 4.73. The second-order valence-electron chi connectivity index (χ2n) is 4.73. The van der Waals surface area contributed by atoms with Crippen molar-refractivity contribution in [2.45, 2.75) is 31.3 Å². The van der Waals surface area contributed by atoms with E-state index in [2.05, 4.69) is 17.3 Å². The summed E-state index contributed by atoms with van der Waals surface area (Å²) in [6.07, 6.45) is 3.44. The smallest absolute Gasteiger partial charge is 0.239 e. The molecule has 4 nitrogen and oxygen atoms in total. The highest BCUT2D eigenvalue weighted by atomic mass is 16.2. The fraction of sp³-hybridized carbons (Fsp3) is 0.909. The van der Waals surface area contributed by atoms with Crippen molar-refractivity contribution in [2.75, 3.05) is 33.7 Å². The molecule has 0 saturated carbocycles. The van der Waals surface area contributed by atoms with E-state index in [1.165, 1.54) is 12.8 Å². The first-order valence-electron chi connectivity index (χ1n) is 5.88. The number of amides is 1. The molecular weight excluding hydrogens is 190 g/mol. The van der Waals surface area contributed by atoms with Crippen LogP contribution in [0, 0.1) is 0 Å². The third-order valence-electron chi connectivity index (χ3n) is 3.74. The van der Waals surface area contributed by atoms with Gasteiger partial charge in [0.1, 0.15) is 0 Å². The van der Waals surface area contributed by atoms with Crippen LogP contribution in [0.3, 0.4) is 0 Å². The summed E-state index contributed by atoms with van der Waals surface area (Å²) in [7, 11) is 3.99. The lowest BCUT2D eigenvalue weighted by molar-refractivity contribution is -0.131. The number of rotatable bonds is 2. The van der Waals surface area contributed by atoms with Crippen molar-refractivity contribution >= 4 is 5.91 Å². The van der Waals surface area contributed by atoms with Gasteiger partial charge in [-0.25, -0.2) is 0 Å². The van der Waals surface area contributed by atoms with Crippen LogP contribution in [0.4, 0.5) is 0 Å². The third-order valence-corrected chi connectivity index (χ3v) is 3.74. The standard InChI is InChI=1S/C11H21N3O/c1-13-7-5-10(11(13)15)14(2)9-4-3-6-12-8-9/h9-10,12H,3-8H2,1-2H3. The molecule has 0 aromatic heterocycles. The topological polar surface area (TPSA) is 35.6 Å². The Bertz CT molecular complexity index is 238. The summed E-state index contributed by atoms with van der Waals surface area (Å²) >= 11 is 0. The van der Waals surface area contributed by atoms with Crippen molar-refractivity contribution in [3.05, 3.63) is 0 Å². The van der Waals surface area contributed by atoms with E-state index < -0.39 is 0 Å². The number of likely N-dealkylation sites (tertiary alicyclic amines) is 1. The summed E-state index contributed by atoms with van der Waals surface area (Å²) in [5.41, 5.74) is 0. The predicted octanol–water partition coefficient (Wildman–Crippen LogP) is -0.0991. The maximum absolute atomic E-state index is 11.9. The van der Waals surface area contributed by atoms with E-state index >= 15 is 0 Å². The molecule has 0 radical (unpaired) electrons. The van der Waals surface area contributed by atoms with Gasteiger partial charge in [0.05, 0.1) is 6.04 Å². The summed E-state index contributed by atoms with van der Waals surface area (Å²) in [6.45, 7) is 3.07. The van der Waals surface area contributed by atoms with Crippen molar-refractivity contribution < 1.29 is 4.79 Å². The van der Waals surface area contributed by atoms with Gasteiger partial charge < -0.3 is 10.2 Å². The fourth-order valence-corrected chi connectivity index (χ4v) is 2.62. The quantitative estimate of drug-likeness (QED) is 0.693. The normalized spacial score (nSPS) is 32.7. The van der Waals surface area contributed by atoms with Crippen molar-refractivity contribution in [2.24, 2.45) is 0 Å². The first-order chi connectivity index (χ1) is 7.20. The summed E-state index contributed by atoms with van der Waals surface area (Å²) in [5, 5.41) is 3.40. The molecule has 2 heterocycles. The summed E-state index contributed by atoms with van der Waals surface area (Å²) < 4.78 is 0. The van der Waals surface area contributed by atoms with E-state index in [4.69, 9.17) is 0 Å². The number of carbonyl (C=O) groups is 1. The molecule has 2 aliphatic rings. The van der Waals surface area contributed by atoms with Gasteiger partial charge in [0.2, 0.25) is 5.91 Å². The fourth-order valence-electron chi connectivity index (χ4n) is 2.62. The Balaban J connectivity index is 1.94. The van der Waals surface area contributed by atoms with Crippen LogP contribution in [0.1, 0.15) is 19.3 Å². The Labute approximate surface area is 91.6 Å². The maximum Gasteiger partial charge on any atom is 0.239 e. The third kappa shape index (κ3) is 2.16. The molecule has 0 aliphatic carbocycles. The predicted molar refractivity (Wildman–Crippen MR) is 59.7 cm³/mol. The van der Waals surface area contributed by atoms with Crippen LogP contribution in [0.15, 0.2) is 0 Å². The molecule has 0 bridgehead atoms. The van der Waals surface area contributed by atoms with Crippen molar-refractivity contribution in [1.82, 2.24) is 15.1 Å². The molecule has 0 aromatic carbocycles. The average Bonchev–Trinajstić information content (AvgIpc) is 2.60. The SMILES string of the molecule is CN1CCC(N(C)C2CCCNC2)C1=O. The highest BCUT2D eigenvalue weighted by Crippen LogP contribution is 2.19. The van der Waals surface area contributed by atoms with Crippen LogP contribution in [-0.4, -0.2) is 61.5 Å². The minimum atomic E-state index is 0.125. The second kappa shape index (κ2) is 4.49. The molecule has 2 fully saturated rings. The van der Waals surface area contributed by atoms with Crippen LogP contribution < -0.4 is 5.32 Å². The number of nitrogens with zero attached hydrogens (tertiary/aromatic N) is 2. The van der Waals surface area contributed by atoms with Crippen molar-refractivity contribution in [3.63, 3.8) is 0 Å². The summed E-state index contributed by atoms with van der Waals surface area (Å²) in [5.74, 6) is 0.295. The van der Waals surface area contributed by atoms with Gasteiger partial charge >= 0.3 is 0 Å². The van der Waals surface area contributed by atoms with Gasteiger partial charge in [-0.05, 0) is 32.9 Å². The van der Waals surface area contributed by atoms with Gasteiger partial charge in [0, 0.05) is 26.2 Å². The Morgan fingerprint density at radius 1 is 1.47 bits per heavy atom. The van der Waals surface area contributed by atoms with Gasteiger partial charge in [0.25, 0.3) is 0 Å². The molecule has 15 heavy (non-hydrogen) atoms. The van der Waals surface area contributed by atoms with E-state index in [1.807, 2.05) is 11.9 Å². The molecule has 2 rings (SSSR count). The van der Waals surface area contributed by atoms with Crippen LogP contribution in [0.5, 0.6) is 0 Å². The van der Waals surface area contributed by atoms with Gasteiger partial charge in [-0.3, -0.25) is 9.69 Å². The minimum absolute atomic E-state index is 0.125. The molecule has 1 amide bonds. The lowest BCUT2D eigenvalue weighted by atomic mass is 10.0. The highest BCUT2D eigenvalue weighted by molar-refractivity contribution is 5.83. The summed E-state index contributed by atoms with van der Waals surface area (Å²) in [6, 6.07) is 0.666. The Hall–Kier alpha value is -0.610. The molecular formula is C11H21N3O. The van der Waals surface area contributed by atoms with E-state index in [9.17, 15) is 4.79 Å². The number of likely N-dealkylation sites (N-methyl/N-ethyl adjacent to an activating group) is 2. The van der Waals surface area contributed by atoms with E-state index in [0.717, 1.165) is 26.1 Å². The van der Waals surface area contributed by atoms with Crippen molar-refractivity contribution in [1.29, 1.82) is 0 Å². The zero-order valence-electron chi connectivity index (χ0n) is 9.70. The highest BCUT2D eigenvalue weighted by Gasteiger charge is 2.35. The maximum atomic E-state index is 11.9. The number of nitrogens with one attached hydrogen (secondary N) is 1. The van der Waals surface area contributed by atoms with E-state index in [0.29, 0.717) is 11.9 Å². The lowest BCUT2D eigenvalue weighted by Gasteiger charge is -2.34. The molecule has 86 valence electrons. The number of piperidine rings is 1. The number of hydrogen-bond acceptors (Lipinski definition) is 3. The van der Waals surface area contributed by atoms with Crippen LogP contribution >= 0.6 is 0 Å². The van der Waals surface area contributed by atoms with Gasteiger partial charge in [-0.1, -0.05) is 0 Å². The molecule has 0 aromatic rings. The summed E-state index contributed by atoms with van der Waals surface area (Å²) in [4.78, 5) is 16.0. The van der Waals surface area contributed by atoms with E-state index in [1.54, 1.807) is 0 Å². The average molecular weight is 211 g/mol. The van der Waals surface area contributed by atoms with Crippen LogP contribution in [0.2, 0.25) is 0 Å². The molecule has 1 N–H and O–H groups in total. The van der Waals surface area contributed by atoms with E-state index in [-0.39, 0.29) is 6.04 Å². The van der Waals surface area contributed by atoms with Gasteiger partial charge in [-0.15, -0.1) is 0 Å². The Morgan fingerprint density at radius 2 is 2.27 bits per heavy atom. The molecule has 2 saturated heterocycles. The van der Waals surface area contributed by atoms with Gasteiger partial charge in [-0.2, -0.15) is 0 Å². The molecule has 4 heteroatoms. The van der Waals surface area contributed by atoms with Crippen molar-refractivity contribution in [3.8, 4) is 0 Å². The largest absolute Gasteiger partial charge is 0.344 e. The Kier molecular flexibility index (Phi) is 3.26. The van der Waals surface area contributed by atoms with Crippen LogP contribution in [-0.2, 0) is 4.79 Å². The molecule has 2 aliphatic heterocycles. The number of hydrogen-bond donors (Lipinski definition) is 1. The monoisotopic (exact) mass is 211 g/mol. The zero-order valence-corrected chi connectivity index (χ0v) is 9.70. The minimum Gasteiger partial charge on any atom is -0.344 e. The molecule has 2 atom stereocenters. The Morgan fingerprint density at radius 3 is 2.80 bits per heavy atom. The van der Waals surface area contributed by atoms with Gasteiger partial charge in [0.15, 0.2) is 0 Å². The zero-order chi connectivity index (χ0) is 10.8. The lowest BCUT2D eigenvalue weighted by Crippen LogP contribution is -2.50. The number of carbonyl (C=O) groups excluding carboxylic acids is 1. The van der Waals surface area contributed by atoms with Crippen LogP contribution in [0.25, 0.3) is 0 Å². The first kappa shape index (κ1) is 10.9. The molecule has 0 spiro atoms.